The minimum absolute atomic E-state index is 0.228. The Kier molecular flexibility index (Phi) is 22.4. The predicted octanol–water partition coefficient (Wildman–Crippen LogP) is 13.8. The van der Waals surface area contributed by atoms with E-state index in [2.05, 4.69) is 97.1 Å². The molecule has 8 aromatic carbocycles. The average Bonchev–Trinajstić information content (AvgIpc) is 3.53. The van der Waals surface area contributed by atoms with Crippen molar-refractivity contribution in [3.8, 4) is 0 Å². The highest BCUT2D eigenvalue weighted by molar-refractivity contribution is 8.77. The molecule has 0 radical (unpaired) electrons. The smallest absolute Gasteiger partial charge is 0.142 e. The molecule has 0 N–H and O–H groups in total. The van der Waals surface area contributed by atoms with Crippen LogP contribution in [0.3, 0.4) is 0 Å². The SMILES string of the molecule is c1ccc(COC[C@H]2O[C@@H](SS[C@@H]3O[C@H](COCc4ccccc4)[C@@H](OCc4ccccc4)[C@H](OCc4ccccc4)[C@H]3OCc3ccccc3)[C@H](OCc3ccccc3)[C@@H](OCc3ccccc3)[C@@H]2OCc2ccccc2)cc1. The Morgan fingerprint density at radius 3 is 0.675 bits per heavy atom. The van der Waals surface area contributed by atoms with Gasteiger partial charge in [0.2, 0.25) is 0 Å². The van der Waals surface area contributed by atoms with Crippen LogP contribution in [0.1, 0.15) is 44.5 Å². The molecule has 80 heavy (non-hydrogen) atoms. The van der Waals surface area contributed by atoms with Crippen LogP contribution in [-0.2, 0) is 100 Å². The highest BCUT2D eigenvalue weighted by atomic mass is 33.1. The molecule has 0 saturated carbocycles. The van der Waals surface area contributed by atoms with Crippen LogP contribution in [-0.4, -0.2) is 72.9 Å². The minimum Gasteiger partial charge on any atom is -0.374 e. The van der Waals surface area contributed by atoms with Crippen molar-refractivity contribution in [3.63, 3.8) is 0 Å². The molecule has 10 atom stereocenters. The molecule has 2 aliphatic heterocycles. The molecule has 0 amide bonds. The number of hydrogen-bond donors (Lipinski definition) is 0. The fourth-order valence-corrected chi connectivity index (χ4v) is 12.6. The van der Waals surface area contributed by atoms with E-state index in [1.54, 1.807) is 0 Å². The van der Waals surface area contributed by atoms with Crippen molar-refractivity contribution >= 4 is 21.6 Å². The first-order valence-corrected chi connectivity index (χ1v) is 29.8. The topological polar surface area (TPSA) is 92.3 Å². The molecule has 8 aromatic rings. The predicted molar refractivity (Wildman–Crippen MR) is 315 cm³/mol. The van der Waals surface area contributed by atoms with E-state index in [-0.39, 0.29) is 13.2 Å². The molecular weight excluding hydrogens is 1040 g/mol. The van der Waals surface area contributed by atoms with Crippen LogP contribution < -0.4 is 0 Å². The zero-order chi connectivity index (χ0) is 54.2. The quantitative estimate of drug-likeness (QED) is 0.0418. The summed E-state index contributed by atoms with van der Waals surface area (Å²) in [5, 5.41) is 0. The van der Waals surface area contributed by atoms with Crippen LogP contribution in [0.5, 0.6) is 0 Å². The zero-order valence-corrected chi connectivity index (χ0v) is 46.5. The zero-order valence-electron chi connectivity index (χ0n) is 44.8. The van der Waals surface area contributed by atoms with E-state index < -0.39 is 59.7 Å². The second-order valence-electron chi connectivity index (χ2n) is 19.8. The monoisotopic (exact) mass is 1110 g/mol. The van der Waals surface area contributed by atoms with Crippen molar-refractivity contribution in [3.05, 3.63) is 287 Å². The Bertz CT molecular complexity index is 2720. The number of benzene rings is 8. The Labute approximate surface area is 479 Å². The molecule has 0 aliphatic carbocycles. The van der Waals surface area contributed by atoms with Gasteiger partial charge in [0.1, 0.15) is 59.7 Å². The van der Waals surface area contributed by atoms with Crippen molar-refractivity contribution in [2.75, 3.05) is 13.2 Å². The third-order valence-corrected chi connectivity index (χ3v) is 16.6. The summed E-state index contributed by atoms with van der Waals surface area (Å²) in [6.45, 7) is 3.15. The maximum Gasteiger partial charge on any atom is 0.142 e. The van der Waals surface area contributed by atoms with E-state index in [9.17, 15) is 0 Å². The minimum atomic E-state index is -0.646. The normalized spacial score (nSPS) is 22.9. The molecule has 0 aromatic heterocycles. The van der Waals surface area contributed by atoms with Crippen molar-refractivity contribution in [1.29, 1.82) is 0 Å². The molecule has 0 unspecified atom stereocenters. The van der Waals surface area contributed by atoms with Gasteiger partial charge in [-0.05, 0) is 44.5 Å². The standard InChI is InChI=1S/C68H70O10S2/c1-9-25-51(26-10-1)41-69-49-59-61(71-43-53-29-13-3-14-30-53)63(73-45-55-33-17-5-18-34-55)65(75-47-57-37-21-7-22-38-57)67(77-59)79-80-68-66(76-48-58-39-23-8-24-40-58)64(74-46-56-35-19-6-20-36-56)62(72-44-54-31-15-4-16-32-54)60(78-68)50-70-42-52-27-11-2-12-28-52/h1-40,59-68H,41-50H2/t59-,60-,61-,62-,63+,64+,65-,66-,67+,68+/m1/s1. The molecular formula is C68H70O10S2. The van der Waals surface area contributed by atoms with Gasteiger partial charge in [0, 0.05) is 0 Å². The van der Waals surface area contributed by atoms with Gasteiger partial charge in [-0.25, -0.2) is 0 Å². The molecule has 414 valence electrons. The van der Waals surface area contributed by atoms with E-state index in [0.717, 1.165) is 44.5 Å². The summed E-state index contributed by atoms with van der Waals surface area (Å²) in [4.78, 5) is 0. The second kappa shape index (κ2) is 31.3. The van der Waals surface area contributed by atoms with Gasteiger partial charge in [0.05, 0.1) is 66.1 Å². The maximum atomic E-state index is 7.36. The molecule has 10 rings (SSSR count). The lowest BCUT2D eigenvalue weighted by Gasteiger charge is -2.47. The van der Waals surface area contributed by atoms with Gasteiger partial charge in [0.15, 0.2) is 0 Å². The first-order chi connectivity index (χ1) is 39.7. The molecule has 0 bridgehead atoms. The highest BCUT2D eigenvalue weighted by Gasteiger charge is 2.52. The molecule has 2 heterocycles. The van der Waals surface area contributed by atoms with E-state index in [1.807, 2.05) is 146 Å². The molecule has 2 aliphatic rings. The lowest BCUT2D eigenvalue weighted by molar-refractivity contribution is -0.255. The number of hydrogen-bond acceptors (Lipinski definition) is 12. The molecule has 12 heteroatoms. The summed E-state index contributed by atoms with van der Waals surface area (Å²) in [5.41, 5.74) is 6.99. The molecule has 2 saturated heterocycles. The van der Waals surface area contributed by atoms with E-state index >= 15 is 0 Å². The maximum absolute atomic E-state index is 7.36. The molecule has 2 fully saturated rings. The van der Waals surface area contributed by atoms with Gasteiger partial charge in [-0.3, -0.25) is 0 Å². The lowest BCUT2D eigenvalue weighted by Crippen LogP contribution is -2.61. The van der Waals surface area contributed by atoms with Gasteiger partial charge in [-0.2, -0.15) is 0 Å². The summed E-state index contributed by atoms with van der Waals surface area (Å²) >= 11 is 0. The number of rotatable bonds is 29. The van der Waals surface area contributed by atoms with Crippen molar-refractivity contribution in [2.24, 2.45) is 0 Å². The largest absolute Gasteiger partial charge is 0.374 e. The highest BCUT2D eigenvalue weighted by Crippen LogP contribution is 2.46. The van der Waals surface area contributed by atoms with Crippen molar-refractivity contribution in [2.45, 2.75) is 113 Å². The van der Waals surface area contributed by atoms with Crippen LogP contribution in [0.15, 0.2) is 243 Å². The van der Waals surface area contributed by atoms with E-state index in [4.69, 9.17) is 47.4 Å². The van der Waals surface area contributed by atoms with Gasteiger partial charge < -0.3 is 47.4 Å². The van der Waals surface area contributed by atoms with Crippen LogP contribution in [0, 0.1) is 0 Å². The van der Waals surface area contributed by atoms with Crippen molar-refractivity contribution < 1.29 is 47.4 Å². The van der Waals surface area contributed by atoms with Gasteiger partial charge in [-0.1, -0.05) is 264 Å². The Hall–Kier alpha value is -5.94. The first-order valence-electron chi connectivity index (χ1n) is 27.5. The van der Waals surface area contributed by atoms with Crippen LogP contribution in [0.4, 0.5) is 0 Å². The summed E-state index contributed by atoms with van der Waals surface area (Å²) in [5.74, 6) is 0. The van der Waals surface area contributed by atoms with E-state index in [1.165, 1.54) is 21.6 Å². The fraction of sp³-hybridized carbons (Fsp3) is 0.294. The fourth-order valence-electron chi connectivity index (χ4n) is 9.76. The Balaban J connectivity index is 1.00. The first kappa shape index (κ1) is 57.3. The van der Waals surface area contributed by atoms with Crippen LogP contribution in [0.25, 0.3) is 0 Å². The molecule has 0 spiro atoms. The van der Waals surface area contributed by atoms with Gasteiger partial charge >= 0.3 is 0 Å². The summed E-state index contributed by atoms with van der Waals surface area (Å²) in [6.07, 6.45) is -4.88. The number of ether oxygens (including phenoxy) is 10. The Morgan fingerprint density at radius 1 is 0.237 bits per heavy atom. The average molecular weight is 1110 g/mol. The third-order valence-electron chi connectivity index (χ3n) is 13.9. The summed E-state index contributed by atoms with van der Waals surface area (Å²) < 4.78 is 70.4. The Morgan fingerprint density at radius 2 is 0.438 bits per heavy atom. The second-order valence-corrected chi connectivity index (χ2v) is 22.3. The molecule has 10 nitrogen and oxygen atoms in total. The van der Waals surface area contributed by atoms with Crippen LogP contribution in [0.2, 0.25) is 0 Å². The van der Waals surface area contributed by atoms with Gasteiger partial charge in [-0.15, -0.1) is 0 Å². The van der Waals surface area contributed by atoms with Gasteiger partial charge in [0.25, 0.3) is 0 Å². The summed E-state index contributed by atoms with van der Waals surface area (Å²) in [6, 6.07) is 81.6. The van der Waals surface area contributed by atoms with Crippen LogP contribution >= 0.6 is 21.6 Å². The summed E-state index contributed by atoms with van der Waals surface area (Å²) in [7, 11) is 3.07. The van der Waals surface area contributed by atoms with Crippen molar-refractivity contribution in [1.82, 2.24) is 0 Å². The third kappa shape index (κ3) is 17.3. The lowest BCUT2D eigenvalue weighted by atomic mass is 9.98. The van der Waals surface area contributed by atoms with E-state index in [0.29, 0.717) is 52.9 Å².